The lowest BCUT2D eigenvalue weighted by molar-refractivity contribution is 0.0265. The number of hydrogen-bond acceptors (Lipinski definition) is 9. The number of carbonyl (C=O) groups is 1. The third-order valence-electron chi connectivity index (χ3n) is 3.88. The smallest absolute Gasteiger partial charge is 0.338 e. The fraction of sp³-hybridized carbons (Fsp3) is 0.333. The van der Waals surface area contributed by atoms with Gasteiger partial charge in [-0.2, -0.15) is 4.98 Å². The monoisotopic (exact) mass is 394 g/mol. The number of aromatic nitrogens is 2. The number of thioether (sulfide) groups is 1. The van der Waals surface area contributed by atoms with Gasteiger partial charge < -0.3 is 14.2 Å². The van der Waals surface area contributed by atoms with E-state index in [1.165, 1.54) is 11.8 Å². The molecule has 11 heteroatoms. The Hall–Kier alpha value is -2.40. The second-order valence-electron chi connectivity index (χ2n) is 5.82. The quantitative estimate of drug-likeness (QED) is 0.720. The maximum Gasteiger partial charge on any atom is 0.338 e. The molecule has 2 aliphatic heterocycles. The largest absolute Gasteiger partial charge is 0.449 e. The third kappa shape index (κ3) is 3.07. The number of carbonyl (C=O) groups excluding carboxylic acids is 1. The van der Waals surface area contributed by atoms with E-state index in [-0.39, 0.29) is 11.6 Å². The van der Waals surface area contributed by atoms with E-state index in [4.69, 9.17) is 9.26 Å². The van der Waals surface area contributed by atoms with Gasteiger partial charge in [-0.25, -0.2) is 13.2 Å². The van der Waals surface area contributed by atoms with Gasteiger partial charge in [0.2, 0.25) is 0 Å². The first-order chi connectivity index (χ1) is 12.3. The van der Waals surface area contributed by atoms with Crippen LogP contribution >= 0.6 is 11.8 Å². The van der Waals surface area contributed by atoms with Crippen LogP contribution in [0.2, 0.25) is 0 Å². The second-order valence-corrected chi connectivity index (χ2v) is 8.59. The van der Waals surface area contributed by atoms with E-state index in [0.717, 1.165) is 10.6 Å². The summed E-state index contributed by atoms with van der Waals surface area (Å²) in [5, 5.41) is 4.08. The summed E-state index contributed by atoms with van der Waals surface area (Å²) in [5.41, 5.74) is 1.18. The molecule has 0 saturated heterocycles. The van der Waals surface area contributed by atoms with Crippen LogP contribution in [-0.4, -0.2) is 42.0 Å². The normalized spacial score (nSPS) is 18.7. The first kappa shape index (κ1) is 17.0. The summed E-state index contributed by atoms with van der Waals surface area (Å²) in [6.07, 6.45) is -0.676. The summed E-state index contributed by atoms with van der Waals surface area (Å²) in [6, 6.07) is 5.07. The van der Waals surface area contributed by atoms with Crippen LogP contribution in [0.5, 0.6) is 0 Å². The summed E-state index contributed by atoms with van der Waals surface area (Å²) in [4.78, 5) is 19.0. The van der Waals surface area contributed by atoms with Crippen molar-refractivity contribution in [1.29, 1.82) is 0 Å². The Kier molecular flexibility index (Phi) is 3.99. The highest BCUT2D eigenvalue weighted by atomic mass is 32.2. The molecule has 0 saturated carbocycles. The van der Waals surface area contributed by atoms with Crippen molar-refractivity contribution in [2.24, 2.45) is 4.40 Å². The number of rotatable bonds is 3. The fourth-order valence-corrected chi connectivity index (χ4v) is 4.91. The number of amidine groups is 1. The number of ether oxygens (including phenoxy) is 1. The van der Waals surface area contributed by atoms with Gasteiger partial charge >= 0.3 is 5.97 Å². The van der Waals surface area contributed by atoms with Crippen LogP contribution in [0.4, 0.5) is 5.69 Å². The van der Waals surface area contributed by atoms with E-state index in [1.54, 1.807) is 32.0 Å². The zero-order valence-electron chi connectivity index (χ0n) is 13.9. The van der Waals surface area contributed by atoms with Crippen molar-refractivity contribution in [2.45, 2.75) is 24.8 Å². The van der Waals surface area contributed by atoms with E-state index >= 15 is 0 Å². The van der Waals surface area contributed by atoms with E-state index in [9.17, 15) is 13.2 Å². The molecule has 1 unspecified atom stereocenters. The van der Waals surface area contributed by atoms with Crippen molar-refractivity contribution in [3.63, 3.8) is 0 Å². The first-order valence-corrected chi connectivity index (χ1v) is 10.2. The van der Waals surface area contributed by atoms with Crippen molar-refractivity contribution < 1.29 is 22.5 Å². The minimum Gasteiger partial charge on any atom is -0.449 e. The van der Waals surface area contributed by atoms with Crippen molar-refractivity contribution in [3.05, 3.63) is 35.5 Å². The molecular formula is C15H14N4O5S2. The van der Waals surface area contributed by atoms with Gasteiger partial charge in [-0.15, -0.1) is 4.40 Å². The molecule has 0 spiro atoms. The molecule has 0 N–H and O–H groups in total. The molecule has 1 aromatic carbocycles. The summed E-state index contributed by atoms with van der Waals surface area (Å²) in [7, 11) is -3.42. The van der Waals surface area contributed by atoms with Gasteiger partial charge in [0.05, 0.1) is 17.0 Å². The van der Waals surface area contributed by atoms with Gasteiger partial charge in [-0.3, -0.25) is 0 Å². The summed E-state index contributed by atoms with van der Waals surface area (Å²) in [6.45, 7) is 3.67. The zero-order chi connectivity index (χ0) is 18.5. The van der Waals surface area contributed by atoms with Gasteiger partial charge in [0.25, 0.3) is 15.9 Å². The predicted octanol–water partition coefficient (Wildman–Crippen LogP) is 1.91. The van der Waals surface area contributed by atoms with E-state index in [2.05, 4.69) is 14.5 Å². The molecule has 136 valence electrons. The highest BCUT2D eigenvalue weighted by Gasteiger charge is 2.33. The SMILES string of the molecule is Cc1noc(C(C)OC(=O)c2ccc3c(c2)SC2=NS(=O)(=O)CCN23)n1. The summed E-state index contributed by atoms with van der Waals surface area (Å²) in [5.74, 6) is 0.130. The molecule has 26 heavy (non-hydrogen) atoms. The average Bonchev–Trinajstić information content (AvgIpc) is 3.15. The number of esters is 1. The lowest BCUT2D eigenvalue weighted by Gasteiger charge is -2.22. The molecule has 4 rings (SSSR count). The van der Waals surface area contributed by atoms with E-state index in [1.807, 2.05) is 4.90 Å². The van der Waals surface area contributed by atoms with Crippen LogP contribution in [0.1, 0.15) is 35.1 Å². The van der Waals surface area contributed by atoms with Crippen molar-refractivity contribution in [1.82, 2.24) is 10.1 Å². The van der Waals surface area contributed by atoms with Gasteiger partial charge in [-0.05, 0) is 43.8 Å². The molecule has 0 radical (unpaired) electrons. The van der Waals surface area contributed by atoms with Gasteiger partial charge in [-0.1, -0.05) is 5.16 Å². The Morgan fingerprint density at radius 1 is 1.42 bits per heavy atom. The Bertz CT molecular complexity index is 1030. The molecular weight excluding hydrogens is 380 g/mol. The number of sulfonamides is 1. The molecule has 0 amide bonds. The number of fused-ring (bicyclic) bond motifs is 3. The van der Waals surface area contributed by atoms with Gasteiger partial charge in [0.1, 0.15) is 0 Å². The average molecular weight is 394 g/mol. The van der Waals surface area contributed by atoms with E-state index < -0.39 is 22.1 Å². The molecule has 2 aliphatic rings. The molecule has 1 atom stereocenters. The van der Waals surface area contributed by atoms with Crippen LogP contribution < -0.4 is 4.90 Å². The molecule has 1 aromatic heterocycles. The Balaban J connectivity index is 1.55. The van der Waals surface area contributed by atoms with Crippen LogP contribution in [-0.2, 0) is 14.8 Å². The maximum absolute atomic E-state index is 12.4. The fourth-order valence-electron chi connectivity index (χ4n) is 2.61. The standard InChI is InChI=1S/C15H14N4O5S2/c1-8(13-16-9(2)17-24-13)23-14(20)10-3-4-11-12(7-10)25-15-18-26(21,22)6-5-19(11)15/h3-4,7-8H,5-6H2,1-2H3. The summed E-state index contributed by atoms with van der Waals surface area (Å²) < 4.78 is 37.5. The van der Waals surface area contributed by atoms with Crippen molar-refractivity contribution >= 4 is 38.6 Å². The molecule has 9 nitrogen and oxygen atoms in total. The molecule has 0 bridgehead atoms. The minimum atomic E-state index is -3.42. The lowest BCUT2D eigenvalue weighted by atomic mass is 10.2. The highest BCUT2D eigenvalue weighted by molar-refractivity contribution is 8.15. The topological polar surface area (TPSA) is 115 Å². The Morgan fingerprint density at radius 3 is 2.96 bits per heavy atom. The Morgan fingerprint density at radius 2 is 2.23 bits per heavy atom. The van der Waals surface area contributed by atoms with Crippen LogP contribution in [0.25, 0.3) is 0 Å². The lowest BCUT2D eigenvalue weighted by Crippen LogP contribution is -2.35. The highest BCUT2D eigenvalue weighted by Crippen LogP contribution is 2.42. The van der Waals surface area contributed by atoms with Crippen LogP contribution in [0.15, 0.2) is 32.0 Å². The molecule has 3 heterocycles. The van der Waals surface area contributed by atoms with Crippen LogP contribution in [0, 0.1) is 6.92 Å². The second kappa shape index (κ2) is 6.09. The predicted molar refractivity (Wildman–Crippen MR) is 93.7 cm³/mol. The minimum absolute atomic E-state index is 0.0264. The number of hydrogen-bond donors (Lipinski definition) is 0. The Labute approximate surface area is 153 Å². The number of nitrogens with zero attached hydrogens (tertiary/aromatic N) is 4. The van der Waals surface area contributed by atoms with E-state index in [0.29, 0.717) is 23.1 Å². The zero-order valence-corrected chi connectivity index (χ0v) is 15.5. The molecule has 2 aromatic rings. The molecule has 0 aliphatic carbocycles. The first-order valence-electron chi connectivity index (χ1n) is 7.76. The van der Waals surface area contributed by atoms with Crippen LogP contribution in [0.3, 0.4) is 0 Å². The summed E-state index contributed by atoms with van der Waals surface area (Å²) >= 11 is 1.22. The number of aryl methyl sites for hydroxylation is 1. The van der Waals surface area contributed by atoms with Crippen molar-refractivity contribution in [2.75, 3.05) is 17.2 Å². The number of anilines is 1. The van der Waals surface area contributed by atoms with Gasteiger partial charge in [0.15, 0.2) is 17.1 Å². The van der Waals surface area contributed by atoms with Crippen molar-refractivity contribution in [3.8, 4) is 0 Å². The van der Waals surface area contributed by atoms with Gasteiger partial charge in [0, 0.05) is 11.4 Å². The third-order valence-corrected chi connectivity index (χ3v) is 6.19. The number of benzene rings is 1. The molecule has 0 fully saturated rings. The maximum atomic E-state index is 12.4.